The van der Waals surface area contributed by atoms with E-state index in [1.54, 1.807) is 12.1 Å². The number of aromatic nitrogens is 1. The van der Waals surface area contributed by atoms with Gasteiger partial charge in [0.05, 0.1) is 18.8 Å². The molecule has 0 amide bonds. The van der Waals surface area contributed by atoms with Gasteiger partial charge in [-0.1, -0.05) is 54.5 Å². The first kappa shape index (κ1) is 22.5. The van der Waals surface area contributed by atoms with Gasteiger partial charge >= 0.3 is 0 Å². The van der Waals surface area contributed by atoms with Gasteiger partial charge in [-0.05, 0) is 23.6 Å². The van der Waals surface area contributed by atoms with Crippen molar-refractivity contribution in [3.8, 4) is 11.1 Å². The molecule has 0 aliphatic carbocycles. The molecule has 7 nitrogen and oxygen atoms in total. The molecule has 8 heteroatoms. The van der Waals surface area contributed by atoms with Crippen molar-refractivity contribution in [2.45, 2.75) is 19.3 Å². The van der Waals surface area contributed by atoms with E-state index in [4.69, 9.17) is 20.1 Å². The van der Waals surface area contributed by atoms with E-state index in [1.807, 2.05) is 43.3 Å². The third-order valence-corrected chi connectivity index (χ3v) is 4.77. The molecule has 0 saturated carbocycles. The highest BCUT2D eigenvalue weighted by Crippen LogP contribution is 2.29. The summed E-state index contributed by atoms with van der Waals surface area (Å²) in [6, 6.07) is 16.3. The van der Waals surface area contributed by atoms with Gasteiger partial charge in [-0.15, -0.1) is 0 Å². The minimum atomic E-state index is -0.282. The monoisotopic (exact) mass is 426 g/mol. The van der Waals surface area contributed by atoms with Crippen LogP contribution in [0.1, 0.15) is 30.5 Å². The molecule has 0 bridgehead atoms. The van der Waals surface area contributed by atoms with Crippen molar-refractivity contribution in [1.29, 1.82) is 0 Å². The van der Waals surface area contributed by atoms with Crippen LogP contribution in [0.15, 0.2) is 64.1 Å². The Morgan fingerprint density at radius 2 is 2.03 bits per heavy atom. The van der Waals surface area contributed by atoms with Crippen LogP contribution in [0.2, 0.25) is 0 Å². The van der Waals surface area contributed by atoms with Gasteiger partial charge in [-0.25, -0.2) is 4.39 Å². The standard InChI is InChI=1S/C23H27FN4O3/c1-16(18-8-9-19(20(24)14-18)17-6-3-2-4-7-17)21-15-22(31-28-21)27-23(25)26-10-13-30-12-5-11-29/h2-4,6-9,14-16,29H,5,10-13H2,1H3,(H3,25,26,27). The highest BCUT2D eigenvalue weighted by molar-refractivity contribution is 5.90. The third kappa shape index (κ3) is 6.37. The molecule has 0 fully saturated rings. The molecule has 1 heterocycles. The number of nitrogens with two attached hydrogens (primary N) is 1. The lowest BCUT2D eigenvalue weighted by Crippen LogP contribution is -2.23. The summed E-state index contributed by atoms with van der Waals surface area (Å²) in [5, 5.41) is 15.6. The van der Waals surface area contributed by atoms with Crippen LogP contribution in [0.4, 0.5) is 10.3 Å². The fourth-order valence-electron chi connectivity index (χ4n) is 3.04. The van der Waals surface area contributed by atoms with Crippen molar-refractivity contribution < 1.29 is 18.8 Å². The van der Waals surface area contributed by atoms with E-state index >= 15 is 0 Å². The summed E-state index contributed by atoms with van der Waals surface area (Å²) in [4.78, 5) is 4.14. The van der Waals surface area contributed by atoms with Gasteiger partial charge in [0.2, 0.25) is 5.88 Å². The Morgan fingerprint density at radius 3 is 2.77 bits per heavy atom. The van der Waals surface area contributed by atoms with Crippen molar-refractivity contribution in [2.24, 2.45) is 10.7 Å². The number of benzene rings is 2. The average Bonchev–Trinajstić information content (AvgIpc) is 3.24. The maximum absolute atomic E-state index is 14.7. The van der Waals surface area contributed by atoms with Gasteiger partial charge in [0.1, 0.15) is 5.82 Å². The number of hydrogen-bond acceptors (Lipinski definition) is 5. The Kier molecular flexibility index (Phi) is 8.14. The molecular formula is C23H27FN4O3. The fourth-order valence-corrected chi connectivity index (χ4v) is 3.04. The molecule has 0 saturated heterocycles. The van der Waals surface area contributed by atoms with Crippen LogP contribution >= 0.6 is 0 Å². The lowest BCUT2D eigenvalue weighted by atomic mass is 9.95. The van der Waals surface area contributed by atoms with E-state index in [1.165, 1.54) is 6.07 Å². The van der Waals surface area contributed by atoms with Crippen LogP contribution in [0.3, 0.4) is 0 Å². The summed E-state index contributed by atoms with van der Waals surface area (Å²) < 4.78 is 25.3. The van der Waals surface area contributed by atoms with E-state index in [0.29, 0.717) is 43.3 Å². The quantitative estimate of drug-likeness (QED) is 0.259. The number of aliphatic hydroxyl groups excluding tert-OH is 1. The van der Waals surface area contributed by atoms with Gasteiger partial charge in [-0.2, -0.15) is 0 Å². The zero-order valence-corrected chi connectivity index (χ0v) is 17.4. The number of aliphatic imine (C=N–C) groups is 1. The number of ether oxygens (including phenoxy) is 1. The molecule has 1 unspecified atom stereocenters. The van der Waals surface area contributed by atoms with Crippen molar-refractivity contribution in [3.63, 3.8) is 0 Å². The molecule has 0 radical (unpaired) electrons. The van der Waals surface area contributed by atoms with Crippen LogP contribution in [0.25, 0.3) is 11.1 Å². The van der Waals surface area contributed by atoms with E-state index in [2.05, 4.69) is 15.5 Å². The number of nitrogens with zero attached hydrogens (tertiary/aromatic N) is 2. The molecule has 1 aromatic heterocycles. The summed E-state index contributed by atoms with van der Waals surface area (Å²) in [5.41, 5.74) is 8.67. The Balaban J connectivity index is 1.60. The van der Waals surface area contributed by atoms with Crippen LogP contribution in [0, 0.1) is 5.82 Å². The Bertz CT molecular complexity index is 991. The van der Waals surface area contributed by atoms with Crippen LogP contribution in [-0.2, 0) is 4.74 Å². The molecule has 1 atom stereocenters. The predicted molar refractivity (Wildman–Crippen MR) is 118 cm³/mol. The fraction of sp³-hybridized carbons (Fsp3) is 0.304. The molecule has 2 aromatic carbocycles. The summed E-state index contributed by atoms with van der Waals surface area (Å²) in [5.74, 6) is 0.0803. The summed E-state index contributed by atoms with van der Waals surface area (Å²) in [6.07, 6.45) is 0.593. The number of anilines is 1. The highest BCUT2D eigenvalue weighted by atomic mass is 19.1. The van der Waals surface area contributed by atoms with E-state index in [0.717, 1.165) is 11.1 Å². The first-order chi connectivity index (χ1) is 15.1. The smallest absolute Gasteiger partial charge is 0.231 e. The SMILES string of the molecule is CC(c1ccc(-c2ccccc2)c(F)c1)c1cc(NC(N)=NCCOCCCO)on1. The van der Waals surface area contributed by atoms with Gasteiger partial charge in [-0.3, -0.25) is 10.3 Å². The minimum Gasteiger partial charge on any atom is -0.396 e. The van der Waals surface area contributed by atoms with Crippen LogP contribution < -0.4 is 11.1 Å². The third-order valence-electron chi connectivity index (χ3n) is 4.77. The zero-order chi connectivity index (χ0) is 22.1. The van der Waals surface area contributed by atoms with Gasteiger partial charge in [0.25, 0.3) is 0 Å². The lowest BCUT2D eigenvalue weighted by Gasteiger charge is -2.11. The second-order valence-electron chi connectivity index (χ2n) is 7.02. The second-order valence-corrected chi connectivity index (χ2v) is 7.02. The molecule has 3 rings (SSSR count). The molecule has 3 aromatic rings. The average molecular weight is 426 g/mol. The first-order valence-corrected chi connectivity index (χ1v) is 10.2. The second kappa shape index (κ2) is 11.2. The summed E-state index contributed by atoms with van der Waals surface area (Å²) in [7, 11) is 0. The highest BCUT2D eigenvalue weighted by Gasteiger charge is 2.16. The van der Waals surface area contributed by atoms with Crippen molar-refractivity contribution >= 4 is 11.8 Å². The number of guanidine groups is 1. The lowest BCUT2D eigenvalue weighted by molar-refractivity contribution is 0.122. The Morgan fingerprint density at radius 1 is 1.23 bits per heavy atom. The summed E-state index contributed by atoms with van der Waals surface area (Å²) in [6.45, 7) is 3.30. The van der Waals surface area contributed by atoms with Crippen LogP contribution in [-0.4, -0.2) is 42.6 Å². The number of hydrogen-bond donors (Lipinski definition) is 3. The van der Waals surface area contributed by atoms with Gasteiger partial charge < -0.3 is 20.1 Å². The Hall–Kier alpha value is -3.23. The molecule has 0 aliphatic rings. The normalized spacial score (nSPS) is 12.7. The zero-order valence-electron chi connectivity index (χ0n) is 17.4. The topological polar surface area (TPSA) is 106 Å². The largest absolute Gasteiger partial charge is 0.396 e. The minimum absolute atomic E-state index is 0.100. The molecule has 4 N–H and O–H groups in total. The van der Waals surface area contributed by atoms with Crippen LogP contribution in [0.5, 0.6) is 0 Å². The maximum atomic E-state index is 14.7. The van der Waals surface area contributed by atoms with Crippen molar-refractivity contribution in [1.82, 2.24) is 5.16 Å². The van der Waals surface area contributed by atoms with E-state index in [-0.39, 0.29) is 24.3 Å². The number of aliphatic hydroxyl groups is 1. The molecule has 164 valence electrons. The molecule has 31 heavy (non-hydrogen) atoms. The molecule has 0 aliphatic heterocycles. The van der Waals surface area contributed by atoms with Crippen molar-refractivity contribution in [3.05, 3.63) is 71.7 Å². The first-order valence-electron chi connectivity index (χ1n) is 10.2. The van der Waals surface area contributed by atoms with E-state index in [9.17, 15) is 4.39 Å². The number of nitrogens with one attached hydrogen (secondary N) is 1. The number of halogens is 1. The van der Waals surface area contributed by atoms with Crippen molar-refractivity contribution in [2.75, 3.05) is 31.7 Å². The Labute approximate surface area is 180 Å². The van der Waals surface area contributed by atoms with Gasteiger partial charge in [0.15, 0.2) is 5.96 Å². The van der Waals surface area contributed by atoms with E-state index < -0.39 is 0 Å². The van der Waals surface area contributed by atoms with Gasteiger partial charge in [0, 0.05) is 30.8 Å². The molecular weight excluding hydrogens is 399 g/mol. The number of rotatable bonds is 10. The summed E-state index contributed by atoms with van der Waals surface area (Å²) >= 11 is 0. The predicted octanol–water partition coefficient (Wildman–Crippen LogP) is 3.76. The molecule has 0 spiro atoms. The maximum Gasteiger partial charge on any atom is 0.231 e.